The van der Waals surface area contributed by atoms with Crippen molar-refractivity contribution in [2.45, 2.75) is 6.92 Å². The lowest BCUT2D eigenvalue weighted by atomic mass is 10.1. The van der Waals surface area contributed by atoms with Gasteiger partial charge in [0.25, 0.3) is 11.4 Å². The van der Waals surface area contributed by atoms with Crippen LogP contribution in [0.1, 0.15) is 17.3 Å². The average Bonchev–Trinajstić information content (AvgIpc) is 2.73. The highest BCUT2D eigenvalue weighted by Gasteiger charge is 2.23. The van der Waals surface area contributed by atoms with E-state index in [2.05, 4.69) is 10.6 Å². The van der Waals surface area contributed by atoms with Crippen molar-refractivity contribution in [3.8, 4) is 5.75 Å². The van der Waals surface area contributed by atoms with Gasteiger partial charge in [0.2, 0.25) is 5.75 Å². The van der Waals surface area contributed by atoms with Crippen LogP contribution in [0.4, 0.5) is 28.4 Å². The summed E-state index contributed by atoms with van der Waals surface area (Å²) in [4.78, 5) is 40.0. The van der Waals surface area contributed by atoms with Gasteiger partial charge in [0.15, 0.2) is 0 Å². The zero-order chi connectivity index (χ0) is 24.4. The SMILES string of the molecule is CCNc1ccc(C(=O)O)cc1[N+](=O)[O-].O=[N+]([O-])c1cc(NCCO)c(O)c([N+](=O)[O-])c1. The molecule has 2 aromatic carbocycles. The lowest BCUT2D eigenvalue weighted by Crippen LogP contribution is -2.06. The summed E-state index contributed by atoms with van der Waals surface area (Å²) >= 11 is 0. The molecule has 0 radical (unpaired) electrons. The third-order valence-corrected chi connectivity index (χ3v) is 3.72. The van der Waals surface area contributed by atoms with Crippen molar-refractivity contribution in [2.24, 2.45) is 0 Å². The molecule has 0 saturated carbocycles. The highest BCUT2D eigenvalue weighted by Crippen LogP contribution is 2.37. The molecule has 0 bridgehead atoms. The lowest BCUT2D eigenvalue weighted by Gasteiger charge is -2.06. The first kappa shape index (κ1) is 25.5. The molecule has 0 saturated heterocycles. The zero-order valence-electron chi connectivity index (χ0n) is 16.5. The minimum absolute atomic E-state index is 0.00584. The van der Waals surface area contributed by atoms with Crippen molar-refractivity contribution in [1.82, 2.24) is 0 Å². The van der Waals surface area contributed by atoms with Crippen molar-refractivity contribution < 1.29 is 34.9 Å². The minimum Gasteiger partial charge on any atom is -0.501 e. The maximum atomic E-state index is 10.6. The number of aliphatic hydroxyl groups is 1. The van der Waals surface area contributed by atoms with Gasteiger partial charge in [0, 0.05) is 25.2 Å². The van der Waals surface area contributed by atoms with E-state index in [1.807, 2.05) is 0 Å². The van der Waals surface area contributed by atoms with Crippen LogP contribution in [0.2, 0.25) is 0 Å². The molecule has 2 rings (SSSR count). The molecule has 0 heterocycles. The van der Waals surface area contributed by atoms with Gasteiger partial charge in [-0.05, 0) is 19.1 Å². The summed E-state index contributed by atoms with van der Waals surface area (Å²) in [6, 6.07) is 5.39. The minimum atomic E-state index is -1.18. The summed E-state index contributed by atoms with van der Waals surface area (Å²) in [5.41, 5.74) is -1.44. The number of phenols is 1. The average molecular weight is 453 g/mol. The van der Waals surface area contributed by atoms with Crippen molar-refractivity contribution in [3.05, 3.63) is 66.2 Å². The maximum Gasteiger partial charge on any atom is 0.335 e. The van der Waals surface area contributed by atoms with Crippen LogP contribution in [0, 0.1) is 30.3 Å². The molecule has 0 aromatic heterocycles. The Hall–Kier alpha value is -4.53. The van der Waals surface area contributed by atoms with Crippen LogP contribution in [0.25, 0.3) is 0 Å². The molecule has 0 amide bonds. The van der Waals surface area contributed by atoms with E-state index in [1.165, 1.54) is 12.1 Å². The van der Waals surface area contributed by atoms with Crippen molar-refractivity contribution >= 4 is 34.4 Å². The Labute approximate surface area is 179 Å². The number of carboxylic acids is 1. The number of nitrogens with zero attached hydrogens (tertiary/aromatic N) is 3. The number of hydrogen-bond acceptors (Lipinski definition) is 11. The molecule has 2 aromatic rings. The number of hydrogen-bond donors (Lipinski definition) is 5. The lowest BCUT2D eigenvalue weighted by molar-refractivity contribution is -0.394. The Balaban J connectivity index is 0.000000323. The number of aromatic hydroxyl groups is 1. The number of aromatic carboxylic acids is 1. The first-order valence-corrected chi connectivity index (χ1v) is 8.79. The van der Waals surface area contributed by atoms with Crippen LogP contribution >= 0.6 is 0 Å². The summed E-state index contributed by atoms with van der Waals surface area (Å²) in [7, 11) is 0. The van der Waals surface area contributed by atoms with Gasteiger partial charge in [-0.3, -0.25) is 30.3 Å². The number of phenolic OH excluding ortho intramolecular Hbond substituents is 1. The molecular formula is C17H19N5O10. The first-order valence-electron chi connectivity index (χ1n) is 8.79. The zero-order valence-corrected chi connectivity index (χ0v) is 16.5. The van der Waals surface area contributed by atoms with E-state index in [-0.39, 0.29) is 30.1 Å². The van der Waals surface area contributed by atoms with E-state index in [1.54, 1.807) is 6.92 Å². The van der Waals surface area contributed by atoms with E-state index in [0.717, 1.165) is 12.1 Å². The summed E-state index contributed by atoms with van der Waals surface area (Å²) in [5, 5.41) is 63.7. The molecule has 0 fully saturated rings. The predicted octanol–water partition coefficient (Wildman–Crippen LogP) is 2.34. The first-order chi connectivity index (χ1) is 15.0. The molecule has 0 unspecified atom stereocenters. The van der Waals surface area contributed by atoms with Gasteiger partial charge in [-0.25, -0.2) is 4.79 Å². The number of non-ortho nitro benzene ring substituents is 1. The number of nitro benzene ring substituents is 3. The van der Waals surface area contributed by atoms with Gasteiger partial charge in [-0.1, -0.05) is 0 Å². The molecule has 15 heteroatoms. The monoisotopic (exact) mass is 453 g/mol. The molecule has 5 N–H and O–H groups in total. The van der Waals surface area contributed by atoms with E-state index in [9.17, 15) is 40.2 Å². The Morgan fingerprint density at radius 3 is 2.03 bits per heavy atom. The molecule has 0 aliphatic carbocycles. The fourth-order valence-electron chi connectivity index (χ4n) is 2.33. The van der Waals surface area contributed by atoms with Crippen molar-refractivity contribution in [2.75, 3.05) is 30.3 Å². The molecule has 0 atom stereocenters. The van der Waals surface area contributed by atoms with Gasteiger partial charge in [0.1, 0.15) is 5.69 Å². The molecule has 172 valence electrons. The number of aliphatic hydroxyl groups excluding tert-OH is 1. The van der Waals surface area contributed by atoms with Crippen LogP contribution in [-0.2, 0) is 0 Å². The second kappa shape index (κ2) is 11.6. The van der Waals surface area contributed by atoms with Crippen molar-refractivity contribution in [1.29, 1.82) is 0 Å². The largest absolute Gasteiger partial charge is 0.501 e. The molecule has 0 aliphatic heterocycles. The third-order valence-electron chi connectivity index (χ3n) is 3.72. The van der Waals surface area contributed by atoms with Crippen molar-refractivity contribution in [3.63, 3.8) is 0 Å². The van der Waals surface area contributed by atoms with Crippen LogP contribution in [-0.4, -0.2) is 55.8 Å². The molecule has 15 nitrogen and oxygen atoms in total. The maximum absolute atomic E-state index is 10.6. The second-order valence-corrected chi connectivity index (χ2v) is 5.85. The van der Waals surface area contributed by atoms with E-state index in [0.29, 0.717) is 18.3 Å². The Morgan fingerprint density at radius 1 is 0.938 bits per heavy atom. The number of carboxylic acid groups (broad SMARTS) is 1. The number of nitro groups is 3. The van der Waals surface area contributed by atoms with Crippen LogP contribution in [0.3, 0.4) is 0 Å². The van der Waals surface area contributed by atoms with Gasteiger partial charge in [0.05, 0.1) is 38.7 Å². The van der Waals surface area contributed by atoms with E-state index >= 15 is 0 Å². The highest BCUT2D eigenvalue weighted by atomic mass is 16.6. The molecule has 0 aliphatic rings. The second-order valence-electron chi connectivity index (χ2n) is 5.85. The van der Waals surface area contributed by atoms with E-state index in [4.69, 9.17) is 10.2 Å². The van der Waals surface area contributed by atoms with Gasteiger partial charge in [-0.2, -0.15) is 0 Å². The molecular weight excluding hydrogens is 434 g/mol. The highest BCUT2D eigenvalue weighted by molar-refractivity contribution is 5.89. The number of anilines is 2. The van der Waals surface area contributed by atoms with Gasteiger partial charge < -0.3 is 26.0 Å². The van der Waals surface area contributed by atoms with Crippen LogP contribution < -0.4 is 10.6 Å². The molecule has 32 heavy (non-hydrogen) atoms. The van der Waals surface area contributed by atoms with E-state index < -0.39 is 37.9 Å². The third kappa shape index (κ3) is 6.77. The quantitative estimate of drug-likeness (QED) is 0.209. The van der Waals surface area contributed by atoms with Crippen LogP contribution in [0.15, 0.2) is 30.3 Å². The summed E-state index contributed by atoms with van der Waals surface area (Å²) < 4.78 is 0. The topological polar surface area (TPSA) is 231 Å². The fraction of sp³-hybridized carbons (Fsp3) is 0.235. The Bertz CT molecular complexity index is 1030. The summed E-state index contributed by atoms with van der Waals surface area (Å²) in [6.45, 7) is 2.06. The number of carbonyl (C=O) groups is 1. The Morgan fingerprint density at radius 2 is 1.56 bits per heavy atom. The smallest absolute Gasteiger partial charge is 0.335 e. The fourth-order valence-corrected chi connectivity index (χ4v) is 2.33. The van der Waals surface area contributed by atoms with Crippen LogP contribution in [0.5, 0.6) is 5.75 Å². The van der Waals surface area contributed by atoms with Gasteiger partial charge >= 0.3 is 11.7 Å². The Kier molecular flexibility index (Phi) is 9.25. The van der Waals surface area contributed by atoms with Gasteiger partial charge in [-0.15, -0.1) is 0 Å². The number of rotatable bonds is 9. The normalized spacial score (nSPS) is 9.81. The number of nitrogens with one attached hydrogen (secondary N) is 2. The molecule has 0 spiro atoms. The number of benzene rings is 2. The predicted molar refractivity (Wildman–Crippen MR) is 111 cm³/mol. The summed E-state index contributed by atoms with van der Waals surface area (Å²) in [6.07, 6.45) is 0. The summed E-state index contributed by atoms with van der Waals surface area (Å²) in [5.74, 6) is -1.88. The standard InChI is InChI=1S/C9H10N2O4.C8H9N3O6/c1-2-10-7-4-3-6(9(12)13)5-8(7)11(14)15;12-2-1-9-6-3-5(10(14)15)4-7(8(6)13)11(16)17/h3-5,10H,2H2,1H3,(H,12,13);3-4,9,12-13H,1-2H2.